The van der Waals surface area contributed by atoms with Gasteiger partial charge in [0.1, 0.15) is 0 Å². The van der Waals surface area contributed by atoms with Crippen molar-refractivity contribution >= 4 is 34.7 Å². The molecule has 3 aromatic rings. The molecule has 1 amide bonds. The molecule has 1 aromatic carbocycles. The Bertz CT molecular complexity index is 742. The van der Waals surface area contributed by atoms with Gasteiger partial charge >= 0.3 is 0 Å². The minimum atomic E-state index is -0.0130. The van der Waals surface area contributed by atoms with Crippen molar-refractivity contribution in [3.05, 3.63) is 52.7 Å². The van der Waals surface area contributed by atoms with Gasteiger partial charge in [0.15, 0.2) is 0 Å². The van der Waals surface area contributed by atoms with E-state index in [-0.39, 0.29) is 5.91 Å². The second-order valence-corrected chi connectivity index (χ2v) is 6.81. The molecule has 0 saturated carbocycles. The van der Waals surface area contributed by atoms with E-state index < -0.39 is 0 Å². The SMILES string of the molecule is O=C(CCSc1nnnn1Cc1cccs1)Nc1ccccc1. The number of nitrogens with zero attached hydrogens (tertiary/aromatic N) is 4. The number of tetrazole rings is 1. The number of anilines is 1. The number of thiophene rings is 1. The van der Waals surface area contributed by atoms with Crippen molar-refractivity contribution in [2.24, 2.45) is 0 Å². The van der Waals surface area contributed by atoms with Crippen LogP contribution < -0.4 is 5.32 Å². The minimum absolute atomic E-state index is 0.0130. The molecule has 0 bridgehead atoms. The lowest BCUT2D eigenvalue weighted by atomic mass is 10.3. The summed E-state index contributed by atoms with van der Waals surface area (Å²) in [6.45, 7) is 0.656. The highest BCUT2D eigenvalue weighted by Gasteiger charge is 2.09. The summed E-state index contributed by atoms with van der Waals surface area (Å²) >= 11 is 3.16. The van der Waals surface area contributed by atoms with Gasteiger partial charge in [-0.25, -0.2) is 4.68 Å². The standard InChI is InChI=1S/C15H15N5OS2/c21-14(16-12-5-2-1-3-6-12)8-10-23-15-17-18-19-20(15)11-13-7-4-9-22-13/h1-7,9H,8,10-11H2,(H,16,21). The fourth-order valence-electron chi connectivity index (χ4n) is 1.93. The Kier molecular flexibility index (Phi) is 5.38. The van der Waals surface area contributed by atoms with Crippen molar-refractivity contribution in [1.29, 1.82) is 0 Å². The number of thioether (sulfide) groups is 1. The molecule has 0 aliphatic carbocycles. The number of hydrogen-bond acceptors (Lipinski definition) is 6. The van der Waals surface area contributed by atoms with Crippen LogP contribution in [0.1, 0.15) is 11.3 Å². The van der Waals surface area contributed by atoms with Crippen molar-refractivity contribution in [2.45, 2.75) is 18.1 Å². The number of rotatable bonds is 7. The third-order valence-corrected chi connectivity index (χ3v) is 4.82. The maximum absolute atomic E-state index is 11.9. The molecule has 0 aliphatic rings. The van der Waals surface area contributed by atoms with Crippen LogP contribution in [0.4, 0.5) is 5.69 Å². The fraction of sp³-hybridized carbons (Fsp3) is 0.200. The lowest BCUT2D eigenvalue weighted by Crippen LogP contribution is -2.12. The first-order valence-electron chi connectivity index (χ1n) is 7.07. The monoisotopic (exact) mass is 345 g/mol. The van der Waals surface area contributed by atoms with Gasteiger partial charge in [0.2, 0.25) is 11.1 Å². The second kappa shape index (κ2) is 7.89. The summed E-state index contributed by atoms with van der Waals surface area (Å²) in [5.74, 6) is 0.615. The molecule has 6 nitrogen and oxygen atoms in total. The summed E-state index contributed by atoms with van der Waals surface area (Å²) < 4.78 is 1.76. The zero-order chi connectivity index (χ0) is 15.9. The Hall–Kier alpha value is -2.19. The number of carbonyl (C=O) groups excluding carboxylic acids is 1. The molecule has 0 fully saturated rings. The summed E-state index contributed by atoms with van der Waals surface area (Å²) in [4.78, 5) is 13.1. The average Bonchev–Trinajstić information content (AvgIpc) is 3.21. The largest absolute Gasteiger partial charge is 0.326 e. The van der Waals surface area contributed by atoms with Crippen molar-refractivity contribution < 1.29 is 4.79 Å². The molecular weight excluding hydrogens is 330 g/mol. The van der Waals surface area contributed by atoms with Crippen LogP contribution >= 0.6 is 23.1 Å². The molecule has 0 spiro atoms. The zero-order valence-electron chi connectivity index (χ0n) is 12.3. The van der Waals surface area contributed by atoms with E-state index in [4.69, 9.17) is 0 Å². The van der Waals surface area contributed by atoms with Crippen LogP contribution in [0.25, 0.3) is 0 Å². The third-order valence-electron chi connectivity index (χ3n) is 3.00. The Morgan fingerprint density at radius 2 is 2.09 bits per heavy atom. The maximum atomic E-state index is 11.9. The van der Waals surface area contributed by atoms with Crippen molar-refractivity contribution in [2.75, 3.05) is 11.1 Å². The Balaban J connectivity index is 1.47. The van der Waals surface area contributed by atoms with Gasteiger partial charge in [-0.1, -0.05) is 36.0 Å². The van der Waals surface area contributed by atoms with Crippen LogP contribution in [0.2, 0.25) is 0 Å². The van der Waals surface area contributed by atoms with E-state index in [1.54, 1.807) is 16.0 Å². The Morgan fingerprint density at radius 3 is 2.87 bits per heavy atom. The molecule has 0 saturated heterocycles. The number of para-hydroxylation sites is 1. The Labute approximate surface area is 141 Å². The van der Waals surface area contributed by atoms with E-state index in [2.05, 4.69) is 20.8 Å². The van der Waals surface area contributed by atoms with Crippen LogP contribution in [0.15, 0.2) is 53.0 Å². The maximum Gasteiger partial charge on any atom is 0.225 e. The van der Waals surface area contributed by atoms with Gasteiger partial charge in [-0.2, -0.15) is 0 Å². The van der Waals surface area contributed by atoms with Gasteiger partial charge in [-0.3, -0.25) is 4.79 Å². The van der Waals surface area contributed by atoms with Crippen molar-refractivity contribution in [3.63, 3.8) is 0 Å². The first kappa shape index (κ1) is 15.7. The molecule has 118 valence electrons. The lowest BCUT2D eigenvalue weighted by Gasteiger charge is -2.05. The van der Waals surface area contributed by atoms with Gasteiger partial charge in [0, 0.05) is 22.7 Å². The lowest BCUT2D eigenvalue weighted by molar-refractivity contribution is -0.115. The predicted octanol–water partition coefficient (Wildman–Crippen LogP) is 2.90. The smallest absolute Gasteiger partial charge is 0.225 e. The summed E-state index contributed by atoms with van der Waals surface area (Å²) in [6, 6.07) is 13.5. The van der Waals surface area contributed by atoms with Crippen molar-refractivity contribution in [3.8, 4) is 0 Å². The number of carbonyl (C=O) groups is 1. The quantitative estimate of drug-likeness (QED) is 0.667. The highest BCUT2D eigenvalue weighted by molar-refractivity contribution is 7.99. The molecular formula is C15H15N5OS2. The Morgan fingerprint density at radius 1 is 1.22 bits per heavy atom. The third kappa shape index (κ3) is 4.64. The molecule has 1 N–H and O–H groups in total. The summed E-state index contributed by atoms with van der Waals surface area (Å²) in [6.07, 6.45) is 0.408. The summed E-state index contributed by atoms with van der Waals surface area (Å²) in [5, 5.41) is 17.3. The van der Waals surface area contributed by atoms with Gasteiger partial charge in [-0.05, 0) is 34.0 Å². The van der Waals surface area contributed by atoms with Crippen LogP contribution in [-0.2, 0) is 11.3 Å². The molecule has 2 aromatic heterocycles. The molecule has 0 atom stereocenters. The average molecular weight is 345 g/mol. The first-order chi connectivity index (χ1) is 11.3. The molecule has 8 heteroatoms. The zero-order valence-corrected chi connectivity index (χ0v) is 13.9. The van der Waals surface area contributed by atoms with E-state index in [9.17, 15) is 4.79 Å². The molecule has 0 radical (unpaired) electrons. The van der Waals surface area contributed by atoms with E-state index in [1.807, 2.05) is 47.8 Å². The summed E-state index contributed by atoms with van der Waals surface area (Å²) in [5.41, 5.74) is 0.810. The van der Waals surface area contributed by atoms with E-state index >= 15 is 0 Å². The fourth-order valence-corrected chi connectivity index (χ4v) is 3.43. The predicted molar refractivity (Wildman–Crippen MR) is 91.7 cm³/mol. The highest BCUT2D eigenvalue weighted by Crippen LogP contribution is 2.18. The molecule has 0 unspecified atom stereocenters. The number of aromatic nitrogens is 4. The number of benzene rings is 1. The summed E-state index contributed by atoms with van der Waals surface area (Å²) in [7, 11) is 0. The number of hydrogen-bond donors (Lipinski definition) is 1. The van der Waals surface area contributed by atoms with Crippen LogP contribution in [0, 0.1) is 0 Å². The first-order valence-corrected chi connectivity index (χ1v) is 8.94. The van der Waals surface area contributed by atoms with Crippen LogP contribution in [-0.4, -0.2) is 31.9 Å². The topological polar surface area (TPSA) is 72.7 Å². The van der Waals surface area contributed by atoms with E-state index in [1.165, 1.54) is 16.6 Å². The van der Waals surface area contributed by atoms with Gasteiger partial charge in [0.25, 0.3) is 0 Å². The molecule has 0 aliphatic heterocycles. The normalized spacial score (nSPS) is 10.6. The van der Waals surface area contributed by atoms with E-state index in [0.29, 0.717) is 18.7 Å². The minimum Gasteiger partial charge on any atom is -0.326 e. The molecule has 2 heterocycles. The highest BCUT2D eigenvalue weighted by atomic mass is 32.2. The second-order valence-electron chi connectivity index (χ2n) is 4.71. The number of nitrogens with one attached hydrogen (secondary N) is 1. The van der Waals surface area contributed by atoms with Crippen LogP contribution in [0.5, 0.6) is 0 Å². The van der Waals surface area contributed by atoms with Crippen molar-refractivity contribution in [1.82, 2.24) is 20.2 Å². The van der Waals surface area contributed by atoms with Gasteiger partial charge < -0.3 is 5.32 Å². The van der Waals surface area contributed by atoms with Gasteiger partial charge in [-0.15, -0.1) is 16.4 Å². The molecule has 3 rings (SSSR count). The van der Waals surface area contributed by atoms with Gasteiger partial charge in [0.05, 0.1) is 6.54 Å². The van der Waals surface area contributed by atoms with E-state index in [0.717, 1.165) is 10.8 Å². The van der Waals surface area contributed by atoms with Crippen LogP contribution in [0.3, 0.4) is 0 Å². The number of amides is 1. The molecule has 23 heavy (non-hydrogen) atoms.